The highest BCUT2D eigenvalue weighted by molar-refractivity contribution is 5.97. The van der Waals surface area contributed by atoms with Crippen LogP contribution in [0.2, 0.25) is 0 Å². The molecule has 6 heteroatoms. The number of hydrogen-bond donors (Lipinski definition) is 3. The molecule has 4 N–H and O–H groups in total. The number of benzene rings is 1. The van der Waals surface area contributed by atoms with E-state index in [2.05, 4.69) is 10.6 Å². The molecule has 1 aliphatic heterocycles. The SMILES string of the molecule is NC(=O)c1cc(NC(=O)C2CCCNC2)ccc1F. The number of nitrogens with two attached hydrogens (primary N) is 1. The van der Waals surface area contributed by atoms with Crippen molar-refractivity contribution >= 4 is 17.5 Å². The van der Waals surface area contributed by atoms with Gasteiger partial charge in [0, 0.05) is 12.2 Å². The van der Waals surface area contributed by atoms with Crippen LogP contribution in [0.1, 0.15) is 23.2 Å². The minimum atomic E-state index is -0.854. The summed E-state index contributed by atoms with van der Waals surface area (Å²) in [5.74, 6) is -1.78. The molecule has 2 amide bonds. The van der Waals surface area contributed by atoms with Crippen LogP contribution < -0.4 is 16.4 Å². The van der Waals surface area contributed by atoms with Crippen LogP contribution in [0.15, 0.2) is 18.2 Å². The number of hydrogen-bond acceptors (Lipinski definition) is 3. The van der Waals surface area contributed by atoms with Crippen LogP contribution in [0.3, 0.4) is 0 Å². The highest BCUT2D eigenvalue weighted by Gasteiger charge is 2.21. The molecule has 1 aromatic carbocycles. The van der Waals surface area contributed by atoms with E-state index in [1.54, 1.807) is 0 Å². The fraction of sp³-hybridized carbons (Fsp3) is 0.385. The third-order valence-corrected chi connectivity index (χ3v) is 3.17. The number of anilines is 1. The second-order valence-corrected chi connectivity index (χ2v) is 4.59. The third-order valence-electron chi connectivity index (χ3n) is 3.17. The van der Waals surface area contributed by atoms with E-state index < -0.39 is 11.7 Å². The summed E-state index contributed by atoms with van der Waals surface area (Å²) in [6, 6.07) is 3.79. The van der Waals surface area contributed by atoms with Gasteiger partial charge in [-0.1, -0.05) is 0 Å². The molecule has 0 saturated carbocycles. The summed E-state index contributed by atoms with van der Waals surface area (Å²) in [4.78, 5) is 23.0. The largest absolute Gasteiger partial charge is 0.366 e. The average Bonchev–Trinajstić information content (AvgIpc) is 2.41. The Morgan fingerprint density at radius 1 is 1.42 bits per heavy atom. The summed E-state index contributed by atoms with van der Waals surface area (Å²) < 4.78 is 13.3. The van der Waals surface area contributed by atoms with Gasteiger partial charge in [0.1, 0.15) is 5.82 Å². The quantitative estimate of drug-likeness (QED) is 0.758. The smallest absolute Gasteiger partial charge is 0.251 e. The van der Waals surface area contributed by atoms with Crippen molar-refractivity contribution < 1.29 is 14.0 Å². The molecule has 2 rings (SSSR count). The maximum absolute atomic E-state index is 13.3. The Bertz CT molecular complexity index is 499. The molecule has 1 aromatic rings. The molecule has 102 valence electrons. The average molecular weight is 265 g/mol. The van der Waals surface area contributed by atoms with Crippen molar-refractivity contribution in [3.8, 4) is 0 Å². The lowest BCUT2D eigenvalue weighted by Crippen LogP contribution is -2.37. The van der Waals surface area contributed by atoms with E-state index in [0.29, 0.717) is 12.2 Å². The van der Waals surface area contributed by atoms with Crippen molar-refractivity contribution in [2.45, 2.75) is 12.8 Å². The van der Waals surface area contributed by atoms with Crippen LogP contribution in [-0.2, 0) is 4.79 Å². The maximum atomic E-state index is 13.3. The topological polar surface area (TPSA) is 84.2 Å². The molecular weight excluding hydrogens is 249 g/mol. The van der Waals surface area contributed by atoms with Crippen molar-refractivity contribution in [1.29, 1.82) is 0 Å². The van der Waals surface area contributed by atoms with E-state index in [1.807, 2.05) is 0 Å². The minimum Gasteiger partial charge on any atom is -0.366 e. The van der Waals surface area contributed by atoms with Gasteiger partial charge in [-0.15, -0.1) is 0 Å². The summed E-state index contributed by atoms with van der Waals surface area (Å²) in [6.45, 7) is 1.56. The number of piperidine rings is 1. The summed E-state index contributed by atoms with van der Waals surface area (Å²) in [7, 11) is 0. The summed E-state index contributed by atoms with van der Waals surface area (Å²) >= 11 is 0. The Balaban J connectivity index is 2.08. The molecule has 1 heterocycles. The molecule has 0 aromatic heterocycles. The van der Waals surface area contributed by atoms with Gasteiger partial charge >= 0.3 is 0 Å². The van der Waals surface area contributed by atoms with E-state index in [0.717, 1.165) is 25.5 Å². The molecule has 1 saturated heterocycles. The zero-order valence-electron chi connectivity index (χ0n) is 10.4. The van der Waals surface area contributed by atoms with Gasteiger partial charge < -0.3 is 16.4 Å². The fourth-order valence-corrected chi connectivity index (χ4v) is 2.11. The highest BCUT2D eigenvalue weighted by atomic mass is 19.1. The zero-order chi connectivity index (χ0) is 13.8. The molecule has 1 atom stereocenters. The standard InChI is InChI=1S/C13H16FN3O2/c14-11-4-3-9(6-10(11)12(15)18)17-13(19)8-2-1-5-16-7-8/h3-4,6,8,16H,1-2,5,7H2,(H2,15,18)(H,17,19). The van der Waals surface area contributed by atoms with Crippen molar-refractivity contribution in [3.05, 3.63) is 29.6 Å². The molecule has 0 spiro atoms. The number of carbonyl (C=O) groups excluding carboxylic acids is 2. The lowest BCUT2D eigenvalue weighted by atomic mass is 9.98. The fourth-order valence-electron chi connectivity index (χ4n) is 2.11. The Morgan fingerprint density at radius 3 is 2.84 bits per heavy atom. The van der Waals surface area contributed by atoms with Crippen LogP contribution in [0.4, 0.5) is 10.1 Å². The Kier molecular flexibility index (Phi) is 4.11. The van der Waals surface area contributed by atoms with Gasteiger partial charge in [0.25, 0.3) is 5.91 Å². The lowest BCUT2D eigenvalue weighted by Gasteiger charge is -2.22. The Morgan fingerprint density at radius 2 is 2.21 bits per heavy atom. The van der Waals surface area contributed by atoms with E-state index in [-0.39, 0.29) is 17.4 Å². The first-order chi connectivity index (χ1) is 9.08. The molecule has 0 bridgehead atoms. The number of rotatable bonds is 3. The maximum Gasteiger partial charge on any atom is 0.251 e. The van der Waals surface area contributed by atoms with E-state index in [4.69, 9.17) is 5.73 Å². The predicted molar refractivity (Wildman–Crippen MR) is 69.1 cm³/mol. The van der Waals surface area contributed by atoms with Crippen molar-refractivity contribution in [2.75, 3.05) is 18.4 Å². The van der Waals surface area contributed by atoms with Crippen LogP contribution >= 0.6 is 0 Å². The lowest BCUT2D eigenvalue weighted by molar-refractivity contribution is -0.120. The second kappa shape index (κ2) is 5.79. The summed E-state index contributed by atoms with van der Waals surface area (Å²) in [5, 5.41) is 5.83. The van der Waals surface area contributed by atoms with Crippen LogP contribution in [0.25, 0.3) is 0 Å². The summed E-state index contributed by atoms with van der Waals surface area (Å²) in [6.07, 6.45) is 1.77. The van der Waals surface area contributed by atoms with Crippen LogP contribution in [-0.4, -0.2) is 24.9 Å². The van der Waals surface area contributed by atoms with Gasteiger partial charge in [0.05, 0.1) is 11.5 Å². The molecule has 0 radical (unpaired) electrons. The van der Waals surface area contributed by atoms with Gasteiger partial charge in [0.15, 0.2) is 0 Å². The molecule has 0 aliphatic carbocycles. The Hall–Kier alpha value is -1.95. The van der Waals surface area contributed by atoms with E-state index in [9.17, 15) is 14.0 Å². The number of halogens is 1. The number of carbonyl (C=O) groups is 2. The van der Waals surface area contributed by atoms with E-state index >= 15 is 0 Å². The van der Waals surface area contributed by atoms with Crippen LogP contribution in [0.5, 0.6) is 0 Å². The van der Waals surface area contributed by atoms with Crippen LogP contribution in [0, 0.1) is 11.7 Å². The number of amides is 2. The van der Waals surface area contributed by atoms with Gasteiger partial charge in [0.2, 0.25) is 5.91 Å². The minimum absolute atomic E-state index is 0.101. The second-order valence-electron chi connectivity index (χ2n) is 4.59. The molecule has 19 heavy (non-hydrogen) atoms. The predicted octanol–water partition coefficient (Wildman–Crippen LogP) is 0.863. The summed E-state index contributed by atoms with van der Waals surface area (Å²) in [5.41, 5.74) is 5.21. The third kappa shape index (κ3) is 3.29. The molecular formula is C13H16FN3O2. The van der Waals surface area contributed by atoms with Gasteiger partial charge in [-0.3, -0.25) is 9.59 Å². The first-order valence-corrected chi connectivity index (χ1v) is 6.19. The van der Waals surface area contributed by atoms with Gasteiger partial charge in [-0.05, 0) is 37.6 Å². The van der Waals surface area contributed by atoms with Gasteiger partial charge in [-0.25, -0.2) is 4.39 Å². The molecule has 1 unspecified atom stereocenters. The van der Waals surface area contributed by atoms with Crippen molar-refractivity contribution in [2.24, 2.45) is 11.7 Å². The molecule has 5 nitrogen and oxygen atoms in total. The first kappa shape index (κ1) is 13.5. The highest BCUT2D eigenvalue weighted by Crippen LogP contribution is 2.17. The van der Waals surface area contributed by atoms with Gasteiger partial charge in [-0.2, -0.15) is 0 Å². The molecule has 1 aliphatic rings. The zero-order valence-corrected chi connectivity index (χ0v) is 10.4. The monoisotopic (exact) mass is 265 g/mol. The first-order valence-electron chi connectivity index (χ1n) is 6.19. The molecule has 1 fully saturated rings. The van der Waals surface area contributed by atoms with Crippen molar-refractivity contribution in [3.63, 3.8) is 0 Å². The normalized spacial score (nSPS) is 18.9. The van der Waals surface area contributed by atoms with Crippen molar-refractivity contribution in [1.82, 2.24) is 5.32 Å². The Labute approximate surface area is 110 Å². The number of primary amides is 1. The van der Waals surface area contributed by atoms with E-state index in [1.165, 1.54) is 12.1 Å². The number of nitrogens with one attached hydrogen (secondary N) is 2.